The molecule has 13 heteroatoms. The van der Waals surface area contributed by atoms with Crippen LogP contribution < -0.4 is 0 Å². The molecule has 3 aromatic rings. The van der Waals surface area contributed by atoms with Gasteiger partial charge in [0.1, 0.15) is 5.82 Å². The largest absolute Gasteiger partial charge is 0.493 e. The van der Waals surface area contributed by atoms with Crippen molar-refractivity contribution in [3.05, 3.63) is 62.2 Å². The fourth-order valence-corrected chi connectivity index (χ4v) is 1.90. The van der Waals surface area contributed by atoms with E-state index in [-0.39, 0.29) is 18.1 Å². The van der Waals surface area contributed by atoms with Gasteiger partial charge in [0.25, 0.3) is 0 Å². The van der Waals surface area contributed by atoms with E-state index in [2.05, 4.69) is 20.2 Å². The highest BCUT2D eigenvalue weighted by Crippen LogP contribution is 2.15. The third-order valence-corrected chi connectivity index (χ3v) is 2.93. The average Bonchev–Trinajstić information content (AvgIpc) is 3.16. The van der Waals surface area contributed by atoms with E-state index in [1.54, 1.807) is 6.07 Å². The van der Waals surface area contributed by atoms with E-state index in [0.717, 1.165) is 15.7 Å². The summed E-state index contributed by atoms with van der Waals surface area (Å²) in [4.78, 5) is 26.9. The first-order valence-electron chi connectivity index (χ1n) is 6.35. The number of nitro groups is 2. The zero-order chi connectivity index (χ0) is 17.3. The van der Waals surface area contributed by atoms with Gasteiger partial charge >= 0.3 is 17.8 Å². The van der Waals surface area contributed by atoms with Crippen molar-refractivity contribution in [1.82, 2.24) is 29.5 Å². The van der Waals surface area contributed by atoms with Crippen LogP contribution >= 0.6 is 0 Å². The van der Waals surface area contributed by atoms with E-state index in [0.29, 0.717) is 0 Å². The molecule has 0 atom stereocenters. The monoisotopic (exact) mass is 334 g/mol. The summed E-state index contributed by atoms with van der Waals surface area (Å²) in [7, 11) is 0. The minimum absolute atomic E-state index is 0.184. The van der Waals surface area contributed by atoms with Gasteiger partial charge in [0.15, 0.2) is 0 Å². The van der Waals surface area contributed by atoms with Gasteiger partial charge in [-0.2, -0.15) is 0 Å². The van der Waals surface area contributed by atoms with Crippen LogP contribution in [0, 0.1) is 26.0 Å². The molecule has 0 aliphatic rings. The molecule has 0 unspecified atom stereocenters. The van der Waals surface area contributed by atoms with Crippen molar-refractivity contribution in [2.24, 2.45) is 0 Å². The normalized spacial score (nSPS) is 10.7. The van der Waals surface area contributed by atoms with Gasteiger partial charge in [0, 0.05) is 15.8 Å². The Kier molecular flexibility index (Phi) is 3.65. The molecule has 2 heterocycles. The Hall–Kier alpha value is -3.77. The molecule has 0 saturated carbocycles. The predicted molar refractivity (Wildman–Crippen MR) is 73.7 cm³/mol. The third kappa shape index (κ3) is 2.77. The Bertz CT molecular complexity index is 936. The quantitative estimate of drug-likeness (QED) is 0.493. The van der Waals surface area contributed by atoms with Crippen molar-refractivity contribution in [2.75, 3.05) is 0 Å². The molecule has 0 spiro atoms. The standard InChI is InChI=1S/C11H7FN8O4/c12-8-4-2-1-3-7(8)5-17-11(14-10(16-17)20(23)24)18-6-13-9(15-18)19(21)22/h1-4,6H,5H2. The first kappa shape index (κ1) is 15.1. The Morgan fingerprint density at radius 1 is 1.08 bits per heavy atom. The van der Waals surface area contributed by atoms with Crippen molar-refractivity contribution < 1.29 is 14.2 Å². The maximum absolute atomic E-state index is 13.8. The van der Waals surface area contributed by atoms with Crippen LogP contribution in [0.25, 0.3) is 5.95 Å². The van der Waals surface area contributed by atoms with Gasteiger partial charge in [0.05, 0.1) is 6.54 Å². The van der Waals surface area contributed by atoms with Gasteiger partial charge in [-0.15, -0.1) is 4.68 Å². The Morgan fingerprint density at radius 2 is 1.79 bits per heavy atom. The molecular weight excluding hydrogens is 327 g/mol. The summed E-state index contributed by atoms with van der Waals surface area (Å²) in [5, 5.41) is 28.7. The lowest BCUT2D eigenvalue weighted by molar-refractivity contribution is -0.394. The maximum atomic E-state index is 13.8. The van der Waals surface area contributed by atoms with Crippen LogP contribution in [0.1, 0.15) is 5.56 Å². The molecule has 122 valence electrons. The lowest BCUT2D eigenvalue weighted by Gasteiger charge is -2.01. The van der Waals surface area contributed by atoms with Crippen molar-refractivity contribution in [1.29, 1.82) is 0 Å². The number of nitrogens with zero attached hydrogens (tertiary/aromatic N) is 8. The summed E-state index contributed by atoms with van der Waals surface area (Å²) in [5.74, 6) is -2.20. The van der Waals surface area contributed by atoms with E-state index >= 15 is 0 Å². The highest BCUT2D eigenvalue weighted by Gasteiger charge is 2.28. The van der Waals surface area contributed by atoms with Gasteiger partial charge in [-0.05, 0) is 20.9 Å². The minimum atomic E-state index is -0.841. The summed E-state index contributed by atoms with van der Waals surface area (Å²) in [5.41, 5.74) is 0.202. The zero-order valence-electron chi connectivity index (χ0n) is 11.7. The summed E-state index contributed by atoms with van der Waals surface area (Å²) in [6.45, 7) is -0.184. The van der Waals surface area contributed by atoms with Crippen molar-refractivity contribution in [3.63, 3.8) is 0 Å². The molecule has 0 aliphatic heterocycles. The zero-order valence-corrected chi connectivity index (χ0v) is 11.7. The first-order valence-corrected chi connectivity index (χ1v) is 6.35. The molecule has 0 radical (unpaired) electrons. The summed E-state index contributed by atoms with van der Waals surface area (Å²) in [6.07, 6.45) is 0.962. The average molecular weight is 334 g/mol. The van der Waals surface area contributed by atoms with E-state index in [9.17, 15) is 24.6 Å². The van der Waals surface area contributed by atoms with Gasteiger partial charge in [-0.1, -0.05) is 27.9 Å². The molecule has 24 heavy (non-hydrogen) atoms. The van der Waals surface area contributed by atoms with Crippen molar-refractivity contribution in [2.45, 2.75) is 6.54 Å². The second-order valence-corrected chi connectivity index (χ2v) is 4.46. The van der Waals surface area contributed by atoms with Crippen LogP contribution in [-0.4, -0.2) is 39.4 Å². The molecule has 2 aromatic heterocycles. The molecule has 0 saturated heterocycles. The molecule has 0 amide bonds. The molecular formula is C11H7FN8O4. The van der Waals surface area contributed by atoms with Crippen LogP contribution in [0.4, 0.5) is 16.3 Å². The van der Waals surface area contributed by atoms with Gasteiger partial charge in [0.2, 0.25) is 6.33 Å². The van der Waals surface area contributed by atoms with Gasteiger partial charge in [-0.3, -0.25) is 0 Å². The number of hydrogen-bond donors (Lipinski definition) is 0. The van der Waals surface area contributed by atoms with Crippen LogP contribution in [0.2, 0.25) is 0 Å². The minimum Gasteiger partial charge on any atom is -0.390 e. The number of benzene rings is 1. The van der Waals surface area contributed by atoms with E-state index < -0.39 is 27.6 Å². The second kappa shape index (κ2) is 5.79. The summed E-state index contributed by atoms with van der Waals surface area (Å²) < 4.78 is 15.6. The van der Waals surface area contributed by atoms with Gasteiger partial charge in [-0.25, -0.2) is 4.39 Å². The Morgan fingerprint density at radius 3 is 2.42 bits per heavy atom. The first-order chi connectivity index (χ1) is 11.5. The highest BCUT2D eigenvalue weighted by molar-refractivity contribution is 5.22. The molecule has 0 bridgehead atoms. The smallest absolute Gasteiger partial charge is 0.390 e. The second-order valence-electron chi connectivity index (χ2n) is 4.46. The van der Waals surface area contributed by atoms with Crippen LogP contribution in [0.5, 0.6) is 0 Å². The summed E-state index contributed by atoms with van der Waals surface area (Å²) >= 11 is 0. The highest BCUT2D eigenvalue weighted by atomic mass is 19.1. The number of halogens is 1. The molecule has 0 N–H and O–H groups in total. The third-order valence-electron chi connectivity index (χ3n) is 2.93. The summed E-state index contributed by atoms with van der Waals surface area (Å²) in [6, 6.07) is 5.77. The van der Waals surface area contributed by atoms with Crippen LogP contribution in [-0.2, 0) is 6.54 Å². The lowest BCUT2D eigenvalue weighted by atomic mass is 10.2. The fourth-order valence-electron chi connectivity index (χ4n) is 1.90. The van der Waals surface area contributed by atoms with E-state index in [1.807, 2.05) is 0 Å². The molecule has 0 aliphatic carbocycles. The molecule has 12 nitrogen and oxygen atoms in total. The Balaban J connectivity index is 2.05. The number of aromatic nitrogens is 6. The van der Waals surface area contributed by atoms with Crippen molar-refractivity contribution >= 4 is 11.9 Å². The fraction of sp³-hybridized carbons (Fsp3) is 0.0909. The predicted octanol–water partition coefficient (Wildman–Crippen LogP) is 0.863. The lowest BCUT2D eigenvalue weighted by Crippen LogP contribution is -2.11. The molecule has 3 rings (SSSR count). The van der Waals surface area contributed by atoms with Gasteiger partial charge < -0.3 is 20.2 Å². The SMILES string of the molecule is O=[N+]([O-])c1ncn(-c2nc([N+](=O)[O-])nn2Cc2ccccc2F)n1. The molecule has 1 aromatic carbocycles. The maximum Gasteiger partial charge on any atom is 0.493 e. The van der Waals surface area contributed by atoms with E-state index in [1.165, 1.54) is 18.2 Å². The topological polar surface area (TPSA) is 148 Å². The van der Waals surface area contributed by atoms with E-state index in [4.69, 9.17) is 0 Å². The van der Waals surface area contributed by atoms with Crippen LogP contribution in [0.3, 0.4) is 0 Å². The number of rotatable bonds is 5. The number of hydrogen-bond acceptors (Lipinski definition) is 8. The Labute approximate surface area is 131 Å². The molecule has 0 fully saturated rings. The van der Waals surface area contributed by atoms with Crippen LogP contribution in [0.15, 0.2) is 30.6 Å². The van der Waals surface area contributed by atoms with Crippen molar-refractivity contribution in [3.8, 4) is 5.95 Å².